The highest BCUT2D eigenvalue weighted by Gasteiger charge is 2.60. The Hall–Kier alpha value is -3.56. The van der Waals surface area contributed by atoms with Gasteiger partial charge in [-0.25, -0.2) is 18.9 Å². The molecule has 5 heterocycles. The quantitative estimate of drug-likeness (QED) is 0.596. The largest absolute Gasteiger partial charge is 0.349 e. The maximum atomic E-state index is 14.2. The predicted octanol–water partition coefficient (Wildman–Crippen LogP) is 1.88. The molecule has 3 aromatic heterocycles. The van der Waals surface area contributed by atoms with Gasteiger partial charge in [0.2, 0.25) is 0 Å². The number of nitrogens with one attached hydrogen (secondary N) is 1. The molecule has 0 unspecified atom stereocenters. The molecule has 2 bridgehead atoms. The van der Waals surface area contributed by atoms with E-state index in [9.17, 15) is 14.0 Å². The summed E-state index contributed by atoms with van der Waals surface area (Å²) >= 11 is 0. The van der Waals surface area contributed by atoms with Crippen molar-refractivity contribution in [3.63, 3.8) is 0 Å². The lowest BCUT2D eigenvalue weighted by Gasteiger charge is -2.30. The number of hydrogen-bond donors (Lipinski definition) is 1. The Bertz CT molecular complexity index is 1250. The highest BCUT2D eigenvalue weighted by molar-refractivity contribution is 6.05. The molecule has 2 aliphatic heterocycles. The van der Waals surface area contributed by atoms with Gasteiger partial charge in [-0.1, -0.05) is 0 Å². The molecular weight excluding hydrogens is 401 g/mol. The zero-order chi connectivity index (χ0) is 21.3. The molecule has 1 N–H and O–H groups in total. The molecule has 0 aromatic carbocycles. The molecule has 31 heavy (non-hydrogen) atoms. The summed E-state index contributed by atoms with van der Waals surface area (Å²) in [4.78, 5) is 35.2. The molecule has 1 spiro atoms. The minimum Gasteiger partial charge on any atom is -0.349 e. The summed E-state index contributed by atoms with van der Waals surface area (Å²) in [6.07, 6.45) is 7.05. The number of carbonyl (C=O) groups excluding carboxylic acids is 2. The molecule has 3 aliphatic rings. The van der Waals surface area contributed by atoms with Crippen LogP contribution in [0.4, 0.5) is 15.9 Å². The average molecular weight is 421 g/mol. The lowest BCUT2D eigenvalue weighted by Crippen LogP contribution is -2.41. The summed E-state index contributed by atoms with van der Waals surface area (Å²) in [6.45, 7) is 2.37. The Morgan fingerprint density at radius 1 is 1.26 bits per heavy atom. The molecule has 1 atom stereocenters. The Morgan fingerprint density at radius 2 is 2.10 bits per heavy atom. The third kappa shape index (κ3) is 2.70. The van der Waals surface area contributed by atoms with Crippen LogP contribution >= 0.6 is 0 Å². The van der Waals surface area contributed by atoms with E-state index in [0.717, 1.165) is 12.8 Å². The van der Waals surface area contributed by atoms with Gasteiger partial charge in [0.1, 0.15) is 11.4 Å². The smallest absolute Gasteiger partial charge is 0.256 e. The van der Waals surface area contributed by atoms with Crippen LogP contribution in [0.15, 0.2) is 30.7 Å². The van der Waals surface area contributed by atoms with Crippen LogP contribution in [0.1, 0.15) is 42.2 Å². The van der Waals surface area contributed by atoms with Crippen molar-refractivity contribution in [3.8, 4) is 0 Å². The second kappa shape index (κ2) is 6.22. The first-order valence-electron chi connectivity index (χ1n) is 10.4. The van der Waals surface area contributed by atoms with Crippen LogP contribution < -0.4 is 15.3 Å². The number of anilines is 2. The van der Waals surface area contributed by atoms with Crippen LogP contribution in [0.2, 0.25) is 0 Å². The maximum Gasteiger partial charge on any atom is 0.256 e. The van der Waals surface area contributed by atoms with Crippen molar-refractivity contribution in [1.82, 2.24) is 24.9 Å². The minimum atomic E-state index is -0.470. The van der Waals surface area contributed by atoms with Gasteiger partial charge in [0, 0.05) is 24.4 Å². The van der Waals surface area contributed by atoms with Crippen molar-refractivity contribution in [2.24, 2.45) is 5.41 Å². The van der Waals surface area contributed by atoms with Crippen LogP contribution in [0.5, 0.6) is 0 Å². The second-order valence-corrected chi connectivity index (χ2v) is 8.60. The van der Waals surface area contributed by atoms with Crippen LogP contribution in [-0.4, -0.2) is 44.0 Å². The van der Waals surface area contributed by atoms with Crippen molar-refractivity contribution < 1.29 is 14.0 Å². The van der Waals surface area contributed by atoms with Gasteiger partial charge in [0.25, 0.3) is 11.8 Å². The lowest BCUT2D eigenvalue weighted by atomic mass is 10.1. The van der Waals surface area contributed by atoms with E-state index in [4.69, 9.17) is 0 Å². The highest BCUT2D eigenvalue weighted by atomic mass is 19.1. The SMILES string of the molecule is C[C@@H]1CCc2ncc(F)cc2N2CC3(CC3)C(=O)N2c2ccn3ncc(c3n2)C(=O)N1. The number of aryl methyl sites for hydroxylation is 1. The number of rotatable bonds is 0. The zero-order valence-corrected chi connectivity index (χ0v) is 16.9. The molecule has 1 aliphatic carbocycles. The van der Waals surface area contributed by atoms with Gasteiger partial charge in [-0.3, -0.25) is 19.6 Å². The monoisotopic (exact) mass is 421 g/mol. The first-order chi connectivity index (χ1) is 14.9. The van der Waals surface area contributed by atoms with Crippen molar-refractivity contribution in [1.29, 1.82) is 0 Å². The van der Waals surface area contributed by atoms with Crippen molar-refractivity contribution in [3.05, 3.63) is 47.8 Å². The lowest BCUT2D eigenvalue weighted by molar-refractivity contribution is -0.121. The summed E-state index contributed by atoms with van der Waals surface area (Å²) < 4.78 is 15.8. The second-order valence-electron chi connectivity index (χ2n) is 8.60. The van der Waals surface area contributed by atoms with E-state index in [2.05, 4.69) is 20.4 Å². The van der Waals surface area contributed by atoms with Crippen molar-refractivity contribution in [2.75, 3.05) is 16.6 Å². The number of carbonyl (C=O) groups is 2. The van der Waals surface area contributed by atoms with Crippen LogP contribution in [0.25, 0.3) is 5.65 Å². The molecule has 10 heteroatoms. The maximum absolute atomic E-state index is 14.2. The molecular formula is C21H20FN7O2. The van der Waals surface area contributed by atoms with Gasteiger partial charge in [0.15, 0.2) is 11.5 Å². The summed E-state index contributed by atoms with van der Waals surface area (Å²) in [5, 5.41) is 10.5. The zero-order valence-electron chi connectivity index (χ0n) is 16.9. The first-order valence-corrected chi connectivity index (χ1v) is 10.4. The van der Waals surface area contributed by atoms with Crippen molar-refractivity contribution in [2.45, 2.75) is 38.6 Å². The number of fused-ring (bicyclic) bond motifs is 5. The van der Waals surface area contributed by atoms with Gasteiger partial charge in [-0.05, 0) is 32.6 Å². The molecule has 2 amide bonds. The highest BCUT2D eigenvalue weighted by Crippen LogP contribution is 2.53. The fraction of sp³-hybridized carbons (Fsp3) is 0.381. The molecule has 6 rings (SSSR count). The number of hydrogen-bond acceptors (Lipinski definition) is 6. The third-order valence-corrected chi connectivity index (χ3v) is 6.39. The Labute approximate surface area is 176 Å². The number of hydrazine groups is 1. The Balaban J connectivity index is 1.58. The fourth-order valence-electron chi connectivity index (χ4n) is 4.44. The summed E-state index contributed by atoms with van der Waals surface area (Å²) in [5.41, 5.74) is 1.48. The number of aromatic nitrogens is 4. The fourth-order valence-corrected chi connectivity index (χ4v) is 4.44. The van der Waals surface area contributed by atoms with E-state index in [1.165, 1.54) is 28.0 Å². The Morgan fingerprint density at radius 3 is 2.90 bits per heavy atom. The molecule has 1 saturated heterocycles. The average Bonchev–Trinajstić information content (AvgIpc) is 3.31. The number of halogens is 1. The molecule has 1 saturated carbocycles. The van der Waals surface area contributed by atoms with Crippen LogP contribution in [0.3, 0.4) is 0 Å². The number of nitrogens with zero attached hydrogens (tertiary/aromatic N) is 6. The van der Waals surface area contributed by atoms with E-state index in [0.29, 0.717) is 47.8 Å². The van der Waals surface area contributed by atoms with Gasteiger partial charge in [-0.15, -0.1) is 0 Å². The summed E-state index contributed by atoms with van der Waals surface area (Å²) in [7, 11) is 0. The van der Waals surface area contributed by atoms with Crippen LogP contribution in [0, 0.1) is 11.2 Å². The molecule has 0 radical (unpaired) electrons. The molecule has 158 valence electrons. The topological polar surface area (TPSA) is 95.7 Å². The standard InChI is InChI=1S/C21H20FN7O2/c1-12-2-3-15-16(8-13(22)9-23-15)28-11-21(5-6-21)20(31)29(28)17-4-7-27-18(26-17)14(10-24-27)19(30)25-12/h4,7-10,12H,2-3,5-6,11H2,1H3,(H,25,30)/t12-/m1/s1. The minimum absolute atomic E-state index is 0.0617. The van der Waals surface area contributed by atoms with E-state index < -0.39 is 11.2 Å². The summed E-state index contributed by atoms with van der Waals surface area (Å²) in [5.74, 6) is -0.427. The van der Waals surface area contributed by atoms with Gasteiger partial charge < -0.3 is 5.32 Å². The third-order valence-electron chi connectivity index (χ3n) is 6.39. The first kappa shape index (κ1) is 18.2. The van der Waals surface area contributed by atoms with Gasteiger partial charge in [0.05, 0.1) is 35.7 Å². The van der Waals surface area contributed by atoms with Crippen LogP contribution in [-0.2, 0) is 11.2 Å². The van der Waals surface area contributed by atoms with Gasteiger partial charge in [-0.2, -0.15) is 5.10 Å². The van der Waals surface area contributed by atoms with E-state index >= 15 is 0 Å². The van der Waals surface area contributed by atoms with E-state index in [1.54, 1.807) is 17.3 Å². The predicted molar refractivity (Wildman–Crippen MR) is 109 cm³/mol. The van der Waals surface area contributed by atoms with Gasteiger partial charge >= 0.3 is 0 Å². The molecule has 2 fully saturated rings. The normalized spacial score (nSPS) is 22.1. The van der Waals surface area contributed by atoms with E-state index in [-0.39, 0.29) is 17.9 Å². The molecule has 3 aromatic rings. The molecule has 9 nitrogen and oxygen atoms in total. The number of amides is 2. The van der Waals surface area contributed by atoms with E-state index in [1.807, 2.05) is 6.92 Å². The van der Waals surface area contributed by atoms with Crippen molar-refractivity contribution >= 4 is 29.0 Å². The number of pyridine rings is 1. The summed E-state index contributed by atoms with van der Waals surface area (Å²) in [6, 6.07) is 2.97. The Kier molecular flexibility index (Phi) is 3.66.